The number of nitrogens with one attached hydrogen (secondary N) is 1. The molecule has 9 heteroatoms. The van der Waals surface area contributed by atoms with Crippen molar-refractivity contribution >= 4 is 57.9 Å². The molecule has 2 aromatic rings. The first-order valence-electron chi connectivity index (χ1n) is 7.20. The van der Waals surface area contributed by atoms with Crippen LogP contribution in [0.4, 0.5) is 0 Å². The van der Waals surface area contributed by atoms with Crippen LogP contribution in [0.2, 0.25) is 9.36 Å². The predicted molar refractivity (Wildman–Crippen MR) is 97.0 cm³/mol. The lowest BCUT2D eigenvalue weighted by atomic mass is 10.1. The Kier molecular flexibility index (Phi) is 7.03. The molecule has 0 aliphatic heterocycles. The van der Waals surface area contributed by atoms with E-state index in [4.69, 9.17) is 27.9 Å². The molecule has 0 aliphatic rings. The van der Waals surface area contributed by atoms with Crippen molar-refractivity contribution in [2.24, 2.45) is 5.92 Å². The van der Waals surface area contributed by atoms with Crippen LogP contribution >= 0.6 is 46.1 Å². The van der Waals surface area contributed by atoms with Gasteiger partial charge in [-0.25, -0.2) is 4.79 Å². The van der Waals surface area contributed by atoms with Gasteiger partial charge in [-0.1, -0.05) is 43.1 Å². The number of aromatic nitrogens is 1. The highest BCUT2D eigenvalue weighted by molar-refractivity contribution is 7.11. The summed E-state index contributed by atoms with van der Waals surface area (Å²) in [6.07, 6.45) is -0.508. The molecule has 24 heavy (non-hydrogen) atoms. The topological polar surface area (TPSA) is 68.3 Å². The Balaban J connectivity index is 2.02. The number of ether oxygens (including phenoxy) is 1. The van der Waals surface area contributed by atoms with Crippen LogP contribution in [0, 0.1) is 5.92 Å². The first-order valence-corrected chi connectivity index (χ1v) is 9.61. The van der Waals surface area contributed by atoms with Gasteiger partial charge in [0.05, 0.1) is 6.54 Å². The molecule has 1 amide bonds. The summed E-state index contributed by atoms with van der Waals surface area (Å²) in [6, 6.07) is 3.83. The van der Waals surface area contributed by atoms with Gasteiger partial charge in [0.25, 0.3) is 5.91 Å². The predicted octanol–water partition coefficient (Wildman–Crippen LogP) is 4.40. The molecule has 2 aromatic heterocycles. The van der Waals surface area contributed by atoms with E-state index in [2.05, 4.69) is 9.69 Å². The third-order valence-electron chi connectivity index (χ3n) is 3.04. The molecule has 0 spiro atoms. The number of amides is 1. The van der Waals surface area contributed by atoms with E-state index < -0.39 is 12.1 Å². The Bertz CT molecular complexity index is 702. The summed E-state index contributed by atoms with van der Waals surface area (Å²) in [6.45, 7) is 4.28. The molecule has 0 aromatic carbocycles. The second kappa shape index (κ2) is 8.80. The molecule has 0 radical (unpaired) electrons. The highest BCUT2D eigenvalue weighted by atomic mass is 35.5. The minimum atomic E-state index is -0.908. The van der Waals surface area contributed by atoms with Crippen molar-refractivity contribution < 1.29 is 14.3 Å². The van der Waals surface area contributed by atoms with Gasteiger partial charge in [0, 0.05) is 4.88 Å². The van der Waals surface area contributed by atoms with E-state index in [-0.39, 0.29) is 26.9 Å². The van der Waals surface area contributed by atoms with E-state index in [0.717, 1.165) is 16.4 Å². The van der Waals surface area contributed by atoms with Crippen molar-refractivity contribution in [2.75, 3.05) is 0 Å². The maximum absolute atomic E-state index is 12.4. The summed E-state index contributed by atoms with van der Waals surface area (Å²) >= 11 is 14.2. The Labute approximate surface area is 158 Å². The van der Waals surface area contributed by atoms with Gasteiger partial charge in [-0.2, -0.15) is 4.37 Å². The standard InChI is InChI=1S/C15H16Cl2N2O3S2/c1-8(2)6-10(14(20)18-7-9-4-3-5-23-9)22-15(21)12-11(16)13(17)24-19-12/h3-5,8,10H,6-7H2,1-2H3,(H,18,20)/t10-/m1/s1. The van der Waals surface area contributed by atoms with E-state index in [0.29, 0.717) is 13.0 Å². The fraction of sp³-hybridized carbons (Fsp3) is 0.400. The molecule has 2 rings (SSSR count). The van der Waals surface area contributed by atoms with Crippen LogP contribution in [0.1, 0.15) is 35.6 Å². The van der Waals surface area contributed by atoms with E-state index in [1.807, 2.05) is 31.4 Å². The van der Waals surface area contributed by atoms with E-state index in [1.54, 1.807) is 11.3 Å². The number of esters is 1. The summed E-state index contributed by atoms with van der Waals surface area (Å²) in [7, 11) is 0. The van der Waals surface area contributed by atoms with Gasteiger partial charge in [0.2, 0.25) is 0 Å². The zero-order chi connectivity index (χ0) is 17.7. The fourth-order valence-electron chi connectivity index (χ4n) is 1.91. The summed E-state index contributed by atoms with van der Waals surface area (Å²) in [5.74, 6) is -0.923. The third-order valence-corrected chi connectivity index (χ3v) is 5.52. The van der Waals surface area contributed by atoms with Crippen molar-refractivity contribution in [3.63, 3.8) is 0 Å². The Hall–Kier alpha value is -1.15. The SMILES string of the molecule is CC(C)C[C@@H](OC(=O)c1nsc(Cl)c1Cl)C(=O)NCc1cccs1. The van der Waals surface area contributed by atoms with Crippen LogP contribution in [0.5, 0.6) is 0 Å². The molecule has 0 saturated carbocycles. The molecule has 0 unspecified atom stereocenters. The van der Waals surface area contributed by atoms with Crippen molar-refractivity contribution in [3.05, 3.63) is 37.4 Å². The molecule has 130 valence electrons. The van der Waals surface area contributed by atoms with Crippen molar-refractivity contribution in [1.82, 2.24) is 9.69 Å². The average molecular weight is 407 g/mol. The normalized spacial score (nSPS) is 12.2. The van der Waals surface area contributed by atoms with Gasteiger partial charge in [0.1, 0.15) is 9.36 Å². The number of carbonyl (C=O) groups excluding carboxylic acids is 2. The maximum Gasteiger partial charge on any atom is 0.360 e. The van der Waals surface area contributed by atoms with Crippen LogP contribution in [-0.2, 0) is 16.1 Å². The molecule has 1 N–H and O–H groups in total. The Morgan fingerprint density at radius 2 is 2.12 bits per heavy atom. The van der Waals surface area contributed by atoms with Crippen LogP contribution < -0.4 is 5.32 Å². The number of hydrogen-bond donors (Lipinski definition) is 1. The molecule has 2 heterocycles. The molecule has 5 nitrogen and oxygen atoms in total. The highest BCUT2D eigenvalue weighted by Gasteiger charge is 2.27. The molecule has 1 atom stereocenters. The van der Waals surface area contributed by atoms with E-state index in [9.17, 15) is 9.59 Å². The second-order valence-corrected chi connectivity index (χ2v) is 8.23. The number of rotatable bonds is 7. The van der Waals surface area contributed by atoms with Gasteiger partial charge < -0.3 is 10.1 Å². The van der Waals surface area contributed by atoms with Crippen molar-refractivity contribution in [3.8, 4) is 0 Å². The van der Waals surface area contributed by atoms with Crippen molar-refractivity contribution in [1.29, 1.82) is 0 Å². The number of hydrogen-bond acceptors (Lipinski definition) is 6. The molecule has 0 aliphatic carbocycles. The Morgan fingerprint density at radius 3 is 2.67 bits per heavy atom. The zero-order valence-corrected chi connectivity index (χ0v) is 16.2. The Morgan fingerprint density at radius 1 is 1.38 bits per heavy atom. The van der Waals surface area contributed by atoms with Gasteiger partial charge in [-0.3, -0.25) is 4.79 Å². The van der Waals surface area contributed by atoms with Crippen LogP contribution in [0.25, 0.3) is 0 Å². The fourth-order valence-corrected chi connectivity index (χ4v) is 3.53. The van der Waals surface area contributed by atoms with Gasteiger partial charge in [-0.05, 0) is 35.3 Å². The average Bonchev–Trinajstić information content (AvgIpc) is 3.15. The van der Waals surface area contributed by atoms with Gasteiger partial charge >= 0.3 is 5.97 Å². The van der Waals surface area contributed by atoms with E-state index >= 15 is 0 Å². The molecule has 0 bridgehead atoms. The maximum atomic E-state index is 12.4. The van der Waals surface area contributed by atoms with E-state index in [1.165, 1.54) is 0 Å². The summed E-state index contributed by atoms with van der Waals surface area (Å²) in [5.41, 5.74) is -0.0634. The van der Waals surface area contributed by atoms with Crippen LogP contribution in [0.15, 0.2) is 17.5 Å². The summed E-state index contributed by atoms with van der Waals surface area (Å²) in [4.78, 5) is 25.6. The lowest BCUT2D eigenvalue weighted by molar-refractivity contribution is -0.130. The molecular formula is C15H16Cl2N2O3S2. The number of halogens is 2. The number of nitrogens with zero attached hydrogens (tertiary/aromatic N) is 1. The summed E-state index contributed by atoms with van der Waals surface area (Å²) < 4.78 is 9.41. The quantitative estimate of drug-likeness (QED) is 0.691. The summed E-state index contributed by atoms with van der Waals surface area (Å²) in [5, 5.41) is 4.77. The minimum absolute atomic E-state index is 0.0500. The first kappa shape index (κ1) is 19.2. The number of thiophene rings is 1. The molecular weight excluding hydrogens is 391 g/mol. The van der Waals surface area contributed by atoms with Crippen LogP contribution in [0.3, 0.4) is 0 Å². The lowest BCUT2D eigenvalue weighted by Crippen LogP contribution is -2.38. The monoisotopic (exact) mass is 406 g/mol. The smallest absolute Gasteiger partial charge is 0.360 e. The number of carbonyl (C=O) groups is 2. The lowest BCUT2D eigenvalue weighted by Gasteiger charge is -2.18. The van der Waals surface area contributed by atoms with Gasteiger partial charge in [-0.15, -0.1) is 11.3 Å². The highest BCUT2D eigenvalue weighted by Crippen LogP contribution is 2.30. The largest absolute Gasteiger partial charge is 0.447 e. The van der Waals surface area contributed by atoms with Crippen molar-refractivity contribution in [2.45, 2.75) is 32.9 Å². The minimum Gasteiger partial charge on any atom is -0.447 e. The van der Waals surface area contributed by atoms with Crippen LogP contribution in [-0.4, -0.2) is 22.4 Å². The molecule has 0 saturated heterocycles. The third kappa shape index (κ3) is 5.17. The van der Waals surface area contributed by atoms with Gasteiger partial charge in [0.15, 0.2) is 11.8 Å². The molecule has 0 fully saturated rings. The second-order valence-electron chi connectivity index (χ2n) is 5.44. The first-order chi connectivity index (χ1) is 11.4. The zero-order valence-electron chi connectivity index (χ0n) is 13.0.